The molecule has 3 aromatic rings. The first kappa shape index (κ1) is 25.2. The van der Waals surface area contributed by atoms with Gasteiger partial charge in [-0.1, -0.05) is 6.92 Å². The fourth-order valence-corrected chi connectivity index (χ4v) is 3.98. The van der Waals surface area contributed by atoms with Gasteiger partial charge in [-0.3, -0.25) is 4.90 Å². The van der Waals surface area contributed by atoms with E-state index in [1.807, 2.05) is 0 Å². The van der Waals surface area contributed by atoms with E-state index in [-0.39, 0.29) is 33.6 Å². The van der Waals surface area contributed by atoms with Crippen LogP contribution in [0.4, 0.5) is 32.6 Å². The van der Waals surface area contributed by atoms with Crippen molar-refractivity contribution in [3.05, 3.63) is 23.9 Å². The molecule has 0 aromatic carbocycles. The summed E-state index contributed by atoms with van der Waals surface area (Å²) in [5.41, 5.74) is -2.50. The maximum absolute atomic E-state index is 13.7. The van der Waals surface area contributed by atoms with Gasteiger partial charge < -0.3 is 9.88 Å². The third kappa shape index (κ3) is 4.12. The highest BCUT2D eigenvalue weighted by molar-refractivity contribution is 7.91. The molecule has 10 nitrogen and oxygen atoms in total. The molecule has 0 spiro atoms. The van der Waals surface area contributed by atoms with Gasteiger partial charge in [0.15, 0.2) is 21.3 Å². The molecule has 0 atom stereocenters. The lowest BCUT2D eigenvalue weighted by atomic mass is 10.2. The second kappa shape index (κ2) is 8.41. The summed E-state index contributed by atoms with van der Waals surface area (Å²) in [6.07, 6.45) is -5.91. The quantitative estimate of drug-likeness (QED) is 0.527. The third-order valence-electron chi connectivity index (χ3n) is 4.93. The first-order valence-electron chi connectivity index (χ1n) is 9.50. The number of amides is 2. The van der Waals surface area contributed by atoms with E-state index in [0.717, 1.165) is 9.47 Å². The van der Waals surface area contributed by atoms with Crippen LogP contribution in [-0.2, 0) is 22.8 Å². The zero-order valence-electron chi connectivity index (χ0n) is 18.1. The Kier molecular flexibility index (Phi) is 6.23. The third-order valence-corrected chi connectivity index (χ3v) is 6.69. The zero-order valence-corrected chi connectivity index (χ0v) is 19.0. The van der Waals surface area contributed by atoms with Gasteiger partial charge in [0.05, 0.1) is 10.6 Å². The molecular weight excluding hydrogens is 489 g/mol. The van der Waals surface area contributed by atoms with Gasteiger partial charge in [-0.05, 0) is 18.2 Å². The van der Waals surface area contributed by atoms with Crippen molar-refractivity contribution >= 4 is 32.9 Å². The summed E-state index contributed by atoms with van der Waals surface area (Å²) in [6.45, 7) is 1.38. The Morgan fingerprint density at radius 3 is 2.35 bits per heavy atom. The summed E-state index contributed by atoms with van der Waals surface area (Å²) in [5.74, 6) is -5.78. The van der Waals surface area contributed by atoms with Crippen LogP contribution in [0.2, 0.25) is 0 Å². The molecule has 0 bridgehead atoms. The number of imidazole rings is 1. The molecule has 16 heteroatoms. The number of carbonyl (C=O) groups excluding carboxylic acids is 1. The van der Waals surface area contributed by atoms with E-state index in [2.05, 4.69) is 25.5 Å². The van der Waals surface area contributed by atoms with Crippen molar-refractivity contribution in [1.29, 1.82) is 0 Å². The van der Waals surface area contributed by atoms with E-state index in [0.29, 0.717) is 6.07 Å². The zero-order chi connectivity index (χ0) is 25.6. The molecule has 34 heavy (non-hydrogen) atoms. The van der Waals surface area contributed by atoms with Gasteiger partial charge >= 0.3 is 18.1 Å². The molecule has 184 valence electrons. The van der Waals surface area contributed by atoms with Crippen LogP contribution in [0.3, 0.4) is 0 Å². The number of urea groups is 1. The maximum atomic E-state index is 13.7. The van der Waals surface area contributed by atoms with E-state index in [9.17, 15) is 35.2 Å². The number of sulfone groups is 1. The normalized spacial score (nSPS) is 12.7. The molecule has 0 saturated heterocycles. The monoisotopic (exact) mass is 507 g/mol. The Balaban J connectivity index is 2.28. The second-order valence-electron chi connectivity index (χ2n) is 7.04. The van der Waals surface area contributed by atoms with E-state index in [1.54, 1.807) is 0 Å². The van der Waals surface area contributed by atoms with Crippen LogP contribution in [0.25, 0.3) is 22.7 Å². The smallest absolute Gasteiger partial charge is 0.341 e. The summed E-state index contributed by atoms with van der Waals surface area (Å²) in [5, 5.41) is 8.81. The van der Waals surface area contributed by atoms with Crippen LogP contribution < -0.4 is 10.2 Å². The lowest BCUT2D eigenvalue weighted by molar-refractivity contribution is -0.291. The van der Waals surface area contributed by atoms with Crippen LogP contribution >= 0.6 is 0 Å². The van der Waals surface area contributed by atoms with Crippen LogP contribution in [0.5, 0.6) is 0 Å². The Morgan fingerprint density at radius 2 is 1.79 bits per heavy atom. The molecule has 0 fully saturated rings. The topological polar surface area (TPSA) is 123 Å². The molecule has 0 radical (unpaired) electrons. The minimum absolute atomic E-state index is 0.0202. The Morgan fingerprint density at radius 1 is 1.15 bits per heavy atom. The van der Waals surface area contributed by atoms with Crippen molar-refractivity contribution in [2.75, 3.05) is 24.7 Å². The summed E-state index contributed by atoms with van der Waals surface area (Å²) in [7, 11) is 0.179. The number of hydrogen-bond donors (Lipinski definition) is 1. The lowest BCUT2D eigenvalue weighted by Gasteiger charge is -2.18. The standard InChI is InChI=1S/C18H18F5N7O3S/c1-5-34(32,33)10-6-7-12(29(3)16(31)24-2)26-13(10)15-25-9-8-11(17(19,20)18(21,22)23)27-28-14(9)30(15)4/h6-8H,5H2,1-4H3,(H,24,31). The van der Waals surface area contributed by atoms with Crippen LogP contribution in [-0.4, -0.2) is 65.2 Å². The van der Waals surface area contributed by atoms with Gasteiger partial charge in [0, 0.05) is 21.1 Å². The average Bonchev–Trinajstić information content (AvgIpc) is 3.12. The fraction of sp³-hybridized carbons (Fsp3) is 0.389. The number of halogens is 5. The summed E-state index contributed by atoms with van der Waals surface area (Å²) < 4.78 is 92.2. The van der Waals surface area contributed by atoms with Gasteiger partial charge in [0.2, 0.25) is 0 Å². The predicted octanol–water partition coefficient (Wildman–Crippen LogP) is 2.65. The van der Waals surface area contributed by atoms with Crippen LogP contribution in [0.1, 0.15) is 12.6 Å². The molecule has 2 amide bonds. The molecule has 1 N–H and O–H groups in total. The minimum Gasteiger partial charge on any atom is -0.341 e. The molecule has 3 rings (SSSR count). The Labute approximate surface area is 189 Å². The van der Waals surface area contributed by atoms with Crippen molar-refractivity contribution in [2.24, 2.45) is 7.05 Å². The first-order chi connectivity index (χ1) is 15.7. The number of carbonyl (C=O) groups is 1. The van der Waals surface area contributed by atoms with Crippen molar-refractivity contribution in [1.82, 2.24) is 30.0 Å². The number of nitrogens with zero attached hydrogens (tertiary/aromatic N) is 6. The Hall–Kier alpha value is -3.43. The molecule has 3 heterocycles. The van der Waals surface area contributed by atoms with Crippen LogP contribution in [0.15, 0.2) is 23.1 Å². The SMILES string of the molecule is CCS(=O)(=O)c1ccc(N(C)C(=O)NC)nc1-c1nc2cc(C(F)(F)C(F)(F)F)nnc2n1C. The number of alkyl halides is 5. The minimum atomic E-state index is -5.91. The highest BCUT2D eigenvalue weighted by Crippen LogP contribution is 2.43. The number of pyridine rings is 1. The number of hydrogen-bond acceptors (Lipinski definition) is 7. The molecule has 0 aliphatic rings. The van der Waals surface area contributed by atoms with Gasteiger partial charge in [0.1, 0.15) is 22.7 Å². The van der Waals surface area contributed by atoms with Gasteiger partial charge in [-0.15, -0.1) is 10.2 Å². The largest absolute Gasteiger partial charge is 0.459 e. The molecule has 0 aliphatic heterocycles. The molecule has 3 aromatic heterocycles. The molecular formula is C18H18F5N7O3S. The van der Waals surface area contributed by atoms with E-state index >= 15 is 0 Å². The fourth-order valence-electron chi connectivity index (χ4n) is 2.96. The predicted molar refractivity (Wildman–Crippen MR) is 110 cm³/mol. The number of fused-ring (bicyclic) bond motifs is 1. The number of aromatic nitrogens is 5. The van der Waals surface area contributed by atoms with Crippen molar-refractivity contribution in [2.45, 2.75) is 23.9 Å². The molecule has 0 unspecified atom stereocenters. The second-order valence-corrected chi connectivity index (χ2v) is 9.29. The average molecular weight is 507 g/mol. The summed E-state index contributed by atoms with van der Waals surface area (Å²) >= 11 is 0. The van der Waals surface area contributed by atoms with Crippen molar-refractivity contribution in [3.63, 3.8) is 0 Å². The van der Waals surface area contributed by atoms with E-state index in [1.165, 1.54) is 40.2 Å². The number of rotatable bonds is 5. The molecule has 0 saturated carbocycles. The van der Waals surface area contributed by atoms with Crippen LogP contribution in [0, 0.1) is 0 Å². The van der Waals surface area contributed by atoms with E-state index < -0.39 is 39.2 Å². The maximum Gasteiger partial charge on any atom is 0.459 e. The highest BCUT2D eigenvalue weighted by atomic mass is 32.2. The first-order valence-corrected chi connectivity index (χ1v) is 11.2. The van der Waals surface area contributed by atoms with Gasteiger partial charge in [0.25, 0.3) is 0 Å². The van der Waals surface area contributed by atoms with Crippen molar-refractivity contribution < 1.29 is 35.2 Å². The van der Waals surface area contributed by atoms with Gasteiger partial charge in [-0.2, -0.15) is 22.0 Å². The molecule has 0 aliphatic carbocycles. The Bertz CT molecular complexity index is 1370. The lowest BCUT2D eigenvalue weighted by Crippen LogP contribution is -2.35. The van der Waals surface area contributed by atoms with Gasteiger partial charge in [-0.25, -0.2) is 23.2 Å². The summed E-state index contributed by atoms with van der Waals surface area (Å²) in [4.78, 5) is 21.0. The number of nitrogens with one attached hydrogen (secondary N) is 1. The van der Waals surface area contributed by atoms with E-state index in [4.69, 9.17) is 0 Å². The number of anilines is 1. The summed E-state index contributed by atoms with van der Waals surface area (Å²) in [6, 6.07) is 2.34. The van der Waals surface area contributed by atoms with Crippen molar-refractivity contribution in [3.8, 4) is 11.5 Å². The highest BCUT2D eigenvalue weighted by Gasteiger charge is 2.60. The number of aryl methyl sites for hydroxylation is 1.